The topological polar surface area (TPSA) is 67.7 Å². The molecule has 3 aromatic rings. The predicted molar refractivity (Wildman–Crippen MR) is 99.4 cm³/mol. The number of rotatable bonds is 5. The van der Waals surface area contributed by atoms with Crippen LogP contribution in [0.3, 0.4) is 0 Å². The molecule has 0 bridgehead atoms. The molecule has 1 atom stereocenters. The van der Waals surface area contributed by atoms with Crippen LogP contribution >= 0.6 is 15.9 Å². The summed E-state index contributed by atoms with van der Waals surface area (Å²) < 4.78 is 2.79. The van der Waals surface area contributed by atoms with Gasteiger partial charge in [0.1, 0.15) is 5.82 Å². The molecule has 0 fully saturated rings. The number of aromatic nitrogens is 4. The first-order valence-electron chi connectivity index (χ1n) is 7.62. The number of halogens is 1. The van der Waals surface area contributed by atoms with Gasteiger partial charge in [-0.3, -0.25) is 4.68 Å². The summed E-state index contributed by atoms with van der Waals surface area (Å²) in [6.07, 6.45) is 5.42. The Morgan fingerprint density at radius 2 is 2.08 bits per heavy atom. The fraction of sp³-hybridized carbons (Fsp3) is 0.235. The van der Waals surface area contributed by atoms with Crippen molar-refractivity contribution in [2.75, 3.05) is 10.6 Å². The minimum atomic E-state index is 0.127. The number of anilines is 3. The molecule has 7 heteroatoms. The Morgan fingerprint density at radius 1 is 1.25 bits per heavy atom. The van der Waals surface area contributed by atoms with Crippen LogP contribution in [0.5, 0.6) is 0 Å². The molecule has 3 rings (SSSR count). The highest BCUT2D eigenvalue weighted by atomic mass is 79.9. The van der Waals surface area contributed by atoms with Gasteiger partial charge in [-0.25, -0.2) is 4.98 Å². The van der Waals surface area contributed by atoms with E-state index in [1.54, 1.807) is 10.9 Å². The van der Waals surface area contributed by atoms with E-state index in [1.807, 2.05) is 38.5 Å². The number of nitrogens with one attached hydrogen (secondary N) is 2. The van der Waals surface area contributed by atoms with Crippen molar-refractivity contribution in [1.82, 2.24) is 19.7 Å². The SMILES string of the molecule is Cc1cnc(Nc2cnn(C)c2)nc1NC(C)c1cccc(Br)c1. The van der Waals surface area contributed by atoms with Crippen LogP contribution in [0.1, 0.15) is 24.1 Å². The molecule has 0 aliphatic heterocycles. The van der Waals surface area contributed by atoms with E-state index in [0.29, 0.717) is 5.95 Å². The average Bonchev–Trinajstić information content (AvgIpc) is 2.95. The highest BCUT2D eigenvalue weighted by Crippen LogP contribution is 2.24. The molecule has 0 amide bonds. The van der Waals surface area contributed by atoms with Gasteiger partial charge in [0.25, 0.3) is 0 Å². The zero-order valence-corrected chi connectivity index (χ0v) is 15.4. The molecule has 24 heavy (non-hydrogen) atoms. The monoisotopic (exact) mass is 386 g/mol. The Labute approximate surface area is 149 Å². The molecule has 2 aromatic heterocycles. The summed E-state index contributed by atoms with van der Waals surface area (Å²) in [7, 11) is 1.87. The summed E-state index contributed by atoms with van der Waals surface area (Å²) in [6, 6.07) is 8.36. The van der Waals surface area contributed by atoms with Crippen molar-refractivity contribution in [2.24, 2.45) is 7.05 Å². The van der Waals surface area contributed by atoms with E-state index in [1.165, 1.54) is 5.56 Å². The average molecular weight is 387 g/mol. The van der Waals surface area contributed by atoms with Crippen LogP contribution < -0.4 is 10.6 Å². The van der Waals surface area contributed by atoms with Crippen LogP contribution in [-0.4, -0.2) is 19.7 Å². The lowest BCUT2D eigenvalue weighted by Crippen LogP contribution is -2.10. The van der Waals surface area contributed by atoms with Crippen LogP contribution in [0.2, 0.25) is 0 Å². The maximum atomic E-state index is 4.58. The standard InChI is InChI=1S/C17H19BrN6/c1-11-8-19-17(22-15-9-20-24(3)10-15)23-16(11)21-12(2)13-5-4-6-14(18)7-13/h4-10,12H,1-3H3,(H2,19,21,22,23). The molecule has 2 heterocycles. The molecular weight excluding hydrogens is 368 g/mol. The normalized spacial score (nSPS) is 12.0. The summed E-state index contributed by atoms with van der Waals surface area (Å²) in [5.74, 6) is 1.35. The second-order valence-electron chi connectivity index (χ2n) is 5.67. The summed E-state index contributed by atoms with van der Waals surface area (Å²) in [5.41, 5.74) is 3.03. The highest BCUT2D eigenvalue weighted by Gasteiger charge is 2.10. The van der Waals surface area contributed by atoms with E-state index in [9.17, 15) is 0 Å². The van der Waals surface area contributed by atoms with Crippen molar-refractivity contribution in [2.45, 2.75) is 19.9 Å². The third-order valence-electron chi connectivity index (χ3n) is 3.63. The number of hydrogen-bond acceptors (Lipinski definition) is 5. The van der Waals surface area contributed by atoms with Gasteiger partial charge in [0.15, 0.2) is 0 Å². The molecule has 0 spiro atoms. The zero-order valence-electron chi connectivity index (χ0n) is 13.8. The lowest BCUT2D eigenvalue weighted by Gasteiger charge is -2.17. The van der Waals surface area contributed by atoms with Crippen molar-refractivity contribution in [3.05, 3.63) is 58.5 Å². The Morgan fingerprint density at radius 3 is 2.79 bits per heavy atom. The van der Waals surface area contributed by atoms with Gasteiger partial charge in [-0.05, 0) is 31.5 Å². The predicted octanol–water partition coefficient (Wildman–Crippen LogP) is 4.20. The number of hydrogen-bond donors (Lipinski definition) is 2. The van der Waals surface area contributed by atoms with Crippen LogP contribution in [-0.2, 0) is 7.05 Å². The van der Waals surface area contributed by atoms with Gasteiger partial charge in [0.05, 0.1) is 11.9 Å². The minimum Gasteiger partial charge on any atom is -0.363 e. The fourth-order valence-electron chi connectivity index (χ4n) is 2.33. The fourth-order valence-corrected chi connectivity index (χ4v) is 2.74. The summed E-state index contributed by atoms with van der Waals surface area (Å²) >= 11 is 3.51. The molecule has 0 saturated heterocycles. The first-order chi connectivity index (χ1) is 11.5. The number of benzene rings is 1. The van der Waals surface area contributed by atoms with Gasteiger partial charge in [0, 0.05) is 35.5 Å². The Hall–Kier alpha value is -2.41. The molecule has 0 aliphatic rings. The molecule has 0 aliphatic carbocycles. The van der Waals surface area contributed by atoms with E-state index in [-0.39, 0.29) is 6.04 Å². The quantitative estimate of drug-likeness (QED) is 0.687. The number of aryl methyl sites for hydroxylation is 2. The van der Waals surface area contributed by atoms with E-state index in [2.05, 4.69) is 60.7 Å². The van der Waals surface area contributed by atoms with Crippen LogP contribution in [0.25, 0.3) is 0 Å². The molecule has 0 saturated carbocycles. The van der Waals surface area contributed by atoms with E-state index in [4.69, 9.17) is 0 Å². The third-order valence-corrected chi connectivity index (χ3v) is 4.13. The summed E-state index contributed by atoms with van der Waals surface area (Å²) in [5, 5.41) is 10.7. The maximum absolute atomic E-state index is 4.58. The van der Waals surface area contributed by atoms with Crippen LogP contribution in [0.15, 0.2) is 47.3 Å². The van der Waals surface area contributed by atoms with E-state index < -0.39 is 0 Å². The summed E-state index contributed by atoms with van der Waals surface area (Å²) in [4.78, 5) is 8.91. The number of nitrogens with zero attached hydrogens (tertiary/aromatic N) is 4. The first kappa shape index (κ1) is 16.4. The Bertz CT molecular complexity index is 845. The summed E-state index contributed by atoms with van der Waals surface area (Å²) in [6.45, 7) is 4.10. The molecule has 0 radical (unpaired) electrons. The minimum absolute atomic E-state index is 0.127. The second kappa shape index (κ2) is 7.00. The zero-order chi connectivity index (χ0) is 17.1. The molecule has 124 valence electrons. The maximum Gasteiger partial charge on any atom is 0.229 e. The Kier molecular flexibility index (Phi) is 4.80. The lowest BCUT2D eigenvalue weighted by molar-refractivity contribution is 0.768. The molecule has 1 aromatic carbocycles. The van der Waals surface area contributed by atoms with Crippen molar-refractivity contribution >= 4 is 33.4 Å². The van der Waals surface area contributed by atoms with Gasteiger partial charge >= 0.3 is 0 Å². The largest absolute Gasteiger partial charge is 0.363 e. The van der Waals surface area contributed by atoms with Crippen LogP contribution in [0, 0.1) is 6.92 Å². The van der Waals surface area contributed by atoms with E-state index in [0.717, 1.165) is 21.5 Å². The van der Waals surface area contributed by atoms with Gasteiger partial charge < -0.3 is 10.6 Å². The van der Waals surface area contributed by atoms with Crippen molar-refractivity contribution in [3.8, 4) is 0 Å². The van der Waals surface area contributed by atoms with Gasteiger partial charge in [-0.2, -0.15) is 10.1 Å². The van der Waals surface area contributed by atoms with Gasteiger partial charge in [0.2, 0.25) is 5.95 Å². The van der Waals surface area contributed by atoms with Crippen LogP contribution in [0.4, 0.5) is 17.5 Å². The van der Waals surface area contributed by atoms with Crippen molar-refractivity contribution in [1.29, 1.82) is 0 Å². The highest BCUT2D eigenvalue weighted by molar-refractivity contribution is 9.10. The first-order valence-corrected chi connectivity index (χ1v) is 8.42. The van der Waals surface area contributed by atoms with Crippen molar-refractivity contribution < 1.29 is 0 Å². The Balaban J connectivity index is 1.78. The van der Waals surface area contributed by atoms with Crippen molar-refractivity contribution in [3.63, 3.8) is 0 Å². The second-order valence-corrected chi connectivity index (χ2v) is 6.59. The lowest BCUT2D eigenvalue weighted by atomic mass is 10.1. The van der Waals surface area contributed by atoms with Gasteiger partial charge in [-0.15, -0.1) is 0 Å². The van der Waals surface area contributed by atoms with E-state index >= 15 is 0 Å². The molecule has 6 nitrogen and oxygen atoms in total. The molecule has 1 unspecified atom stereocenters. The van der Waals surface area contributed by atoms with Gasteiger partial charge in [-0.1, -0.05) is 28.1 Å². The molecule has 2 N–H and O–H groups in total. The third kappa shape index (κ3) is 3.91. The smallest absolute Gasteiger partial charge is 0.229 e. The molecular formula is C17H19BrN6.